The first-order chi connectivity index (χ1) is 28.9. The smallest absolute Gasteiger partial charge is 0.164 e. The first-order valence-electron chi connectivity index (χ1n) is 20.2. The highest BCUT2D eigenvalue weighted by Gasteiger charge is 2.18. The number of hydrogen-bond donors (Lipinski definition) is 0. The molecule has 0 atom stereocenters. The van der Waals surface area contributed by atoms with Crippen molar-refractivity contribution in [2.75, 3.05) is 0 Å². The molecule has 0 saturated heterocycles. The minimum absolute atomic E-state index is 0.0627. The van der Waals surface area contributed by atoms with E-state index >= 15 is 0 Å². The molecule has 10 aromatic rings. The number of aromatic nitrogens is 4. The Balaban J connectivity index is 1.14. The molecule has 4 heteroatoms. The van der Waals surface area contributed by atoms with Crippen LogP contribution in [0.5, 0.6) is 0 Å². The maximum absolute atomic E-state index is 9.22. The van der Waals surface area contributed by atoms with Gasteiger partial charge in [-0.3, -0.25) is 0 Å². The number of rotatable bonds is 7. The first kappa shape index (κ1) is 28.1. The lowest BCUT2D eigenvalue weighted by molar-refractivity contribution is 1.07. The first-order valence-corrected chi connectivity index (χ1v) is 18.2. The highest BCUT2D eigenvalue weighted by Crippen LogP contribution is 2.39. The third-order valence-corrected chi connectivity index (χ3v) is 9.98. The molecular weight excluding hydrogens is 669 g/mol. The van der Waals surface area contributed by atoms with E-state index in [9.17, 15) is 1.37 Å². The SMILES string of the molecule is [2H]c1c([2H])c([2H])c2c(c1[2H])c1cccc(-c3ccc(-c4ccccc4)cc3)c1n2-c1cccc(-c2cccc(-c3nc(-c4ccccc4)nc(-c4ccccc4)n3)c2)c1. The standard InChI is InChI=1S/C51H34N4/c1-4-15-35(16-5-1)36-29-31-37(32-30-36)44-26-14-27-46-45-25-10-11-28-47(45)55(48(44)46)43-24-13-22-41(34-43)40-21-12-23-42(33-40)51-53-49(38-17-6-2-7-18-38)52-50(54-51)39-19-8-3-9-20-39/h1-34H/i10D,11D,25D,28D. The van der Waals surface area contributed by atoms with Crippen molar-refractivity contribution < 1.29 is 5.48 Å². The lowest BCUT2D eigenvalue weighted by atomic mass is 9.98. The van der Waals surface area contributed by atoms with Crippen LogP contribution < -0.4 is 0 Å². The quantitative estimate of drug-likeness (QED) is 0.166. The third kappa shape index (κ3) is 6.06. The van der Waals surface area contributed by atoms with Gasteiger partial charge in [-0.15, -0.1) is 0 Å². The molecule has 0 radical (unpaired) electrons. The maximum Gasteiger partial charge on any atom is 0.164 e. The summed E-state index contributed by atoms with van der Waals surface area (Å²) < 4.78 is 37.6. The minimum atomic E-state index is -0.272. The number of nitrogens with zero attached hydrogens (tertiary/aromatic N) is 4. The van der Waals surface area contributed by atoms with Gasteiger partial charge in [0, 0.05) is 38.7 Å². The predicted octanol–water partition coefficient (Wildman–Crippen LogP) is 13.0. The van der Waals surface area contributed by atoms with E-state index in [1.54, 1.807) is 0 Å². The fourth-order valence-corrected chi connectivity index (χ4v) is 7.33. The van der Waals surface area contributed by atoms with Crippen molar-refractivity contribution in [2.45, 2.75) is 0 Å². The van der Waals surface area contributed by atoms with Gasteiger partial charge in [-0.2, -0.15) is 0 Å². The topological polar surface area (TPSA) is 43.6 Å². The third-order valence-electron chi connectivity index (χ3n) is 9.98. The normalized spacial score (nSPS) is 12.3. The van der Waals surface area contributed by atoms with Crippen molar-refractivity contribution in [1.82, 2.24) is 19.5 Å². The molecule has 0 amide bonds. The van der Waals surface area contributed by atoms with Crippen LogP contribution in [0.1, 0.15) is 5.48 Å². The van der Waals surface area contributed by atoms with Gasteiger partial charge in [0.25, 0.3) is 0 Å². The molecule has 55 heavy (non-hydrogen) atoms. The molecule has 0 aliphatic carbocycles. The molecule has 2 aromatic heterocycles. The van der Waals surface area contributed by atoms with Gasteiger partial charge in [0.15, 0.2) is 17.5 Å². The van der Waals surface area contributed by atoms with Crippen LogP contribution in [0.2, 0.25) is 0 Å². The van der Waals surface area contributed by atoms with Gasteiger partial charge in [0.2, 0.25) is 0 Å². The number of hydrogen-bond acceptors (Lipinski definition) is 3. The van der Waals surface area contributed by atoms with Crippen molar-refractivity contribution in [3.8, 4) is 73.2 Å². The van der Waals surface area contributed by atoms with Gasteiger partial charge < -0.3 is 4.57 Å². The molecule has 0 unspecified atom stereocenters. The molecule has 0 fully saturated rings. The van der Waals surface area contributed by atoms with Crippen LogP contribution in [0.4, 0.5) is 0 Å². The summed E-state index contributed by atoms with van der Waals surface area (Å²) in [6.07, 6.45) is 0. The summed E-state index contributed by atoms with van der Waals surface area (Å²) >= 11 is 0. The second kappa shape index (κ2) is 13.8. The van der Waals surface area contributed by atoms with Crippen molar-refractivity contribution >= 4 is 21.8 Å². The van der Waals surface area contributed by atoms with Crippen molar-refractivity contribution in [2.24, 2.45) is 0 Å². The fourth-order valence-electron chi connectivity index (χ4n) is 7.33. The molecule has 0 N–H and O–H groups in total. The van der Waals surface area contributed by atoms with Gasteiger partial charge in [0.1, 0.15) is 0 Å². The Hall–Kier alpha value is -7.43. The van der Waals surface area contributed by atoms with Gasteiger partial charge in [0.05, 0.1) is 16.5 Å². The van der Waals surface area contributed by atoms with Crippen LogP contribution in [-0.4, -0.2) is 19.5 Å². The van der Waals surface area contributed by atoms with E-state index in [1.165, 1.54) is 0 Å². The lowest BCUT2D eigenvalue weighted by Gasteiger charge is -2.14. The van der Waals surface area contributed by atoms with E-state index in [-0.39, 0.29) is 24.2 Å². The van der Waals surface area contributed by atoms with E-state index < -0.39 is 0 Å². The molecule has 8 aromatic carbocycles. The molecule has 10 rings (SSSR count). The Morgan fingerprint density at radius 1 is 0.364 bits per heavy atom. The van der Waals surface area contributed by atoms with Crippen LogP contribution in [0.25, 0.3) is 95.0 Å². The number of fused-ring (bicyclic) bond motifs is 3. The van der Waals surface area contributed by atoms with Gasteiger partial charge in [-0.05, 0) is 52.1 Å². The molecule has 2 heterocycles. The monoisotopic (exact) mass is 706 g/mol. The van der Waals surface area contributed by atoms with E-state index in [2.05, 4.69) is 60.7 Å². The van der Waals surface area contributed by atoms with Crippen LogP contribution in [0.15, 0.2) is 206 Å². The average Bonchev–Trinajstić information content (AvgIpc) is 3.67. The molecule has 258 valence electrons. The largest absolute Gasteiger partial charge is 0.309 e. The molecule has 0 saturated carbocycles. The van der Waals surface area contributed by atoms with E-state index in [0.29, 0.717) is 28.4 Å². The van der Waals surface area contributed by atoms with Crippen molar-refractivity contribution in [3.05, 3.63) is 206 Å². The van der Waals surface area contributed by atoms with E-state index in [4.69, 9.17) is 19.1 Å². The van der Waals surface area contributed by atoms with Gasteiger partial charge >= 0.3 is 0 Å². The van der Waals surface area contributed by atoms with Crippen LogP contribution in [0.3, 0.4) is 0 Å². The highest BCUT2D eigenvalue weighted by atomic mass is 15.0. The summed E-state index contributed by atoms with van der Waals surface area (Å²) in [6.45, 7) is 0. The van der Waals surface area contributed by atoms with Crippen LogP contribution in [0, 0.1) is 0 Å². The van der Waals surface area contributed by atoms with Gasteiger partial charge in [-0.1, -0.05) is 182 Å². The van der Waals surface area contributed by atoms with E-state index in [1.807, 2.05) is 126 Å². The fraction of sp³-hybridized carbons (Fsp3) is 0. The Kier molecular flexibility index (Phi) is 7.08. The second-order valence-electron chi connectivity index (χ2n) is 13.4. The Bertz CT molecular complexity index is 3130. The summed E-state index contributed by atoms with van der Waals surface area (Å²) in [5.74, 6) is 1.73. The lowest BCUT2D eigenvalue weighted by Crippen LogP contribution is -2.00. The predicted molar refractivity (Wildman–Crippen MR) is 227 cm³/mol. The zero-order valence-corrected chi connectivity index (χ0v) is 29.6. The summed E-state index contributed by atoms with van der Waals surface area (Å²) in [5, 5.41) is 1.24. The number of benzene rings is 8. The van der Waals surface area contributed by atoms with Crippen molar-refractivity contribution in [1.29, 1.82) is 0 Å². The van der Waals surface area contributed by atoms with Crippen molar-refractivity contribution in [3.63, 3.8) is 0 Å². The summed E-state index contributed by atoms with van der Waals surface area (Å²) in [6, 6.07) is 60.0. The minimum Gasteiger partial charge on any atom is -0.309 e. The van der Waals surface area contributed by atoms with E-state index in [0.717, 1.165) is 66.7 Å². The van der Waals surface area contributed by atoms with Crippen LogP contribution >= 0.6 is 0 Å². The molecule has 0 bridgehead atoms. The molecule has 0 spiro atoms. The molecule has 0 aliphatic heterocycles. The molecule has 4 nitrogen and oxygen atoms in total. The number of para-hydroxylation sites is 2. The Morgan fingerprint density at radius 3 is 1.53 bits per heavy atom. The highest BCUT2D eigenvalue weighted by molar-refractivity contribution is 6.13. The Labute approximate surface area is 325 Å². The summed E-state index contributed by atoms with van der Waals surface area (Å²) in [4.78, 5) is 14.8. The molecular formula is C51H34N4. The van der Waals surface area contributed by atoms with Gasteiger partial charge in [-0.25, -0.2) is 15.0 Å². The summed E-state index contributed by atoms with van der Waals surface area (Å²) in [7, 11) is 0. The average molecular weight is 707 g/mol. The van der Waals surface area contributed by atoms with Crippen LogP contribution in [-0.2, 0) is 0 Å². The molecule has 0 aliphatic rings. The zero-order chi connectivity index (χ0) is 40.0. The summed E-state index contributed by atoms with van der Waals surface area (Å²) in [5.41, 5.74) is 10.6. The zero-order valence-electron chi connectivity index (χ0n) is 33.6. The Morgan fingerprint density at radius 2 is 0.855 bits per heavy atom. The maximum atomic E-state index is 9.22. The second-order valence-corrected chi connectivity index (χ2v) is 13.4.